The maximum absolute atomic E-state index is 12.3. The molecule has 3 aromatic rings. The van der Waals surface area contributed by atoms with Crippen molar-refractivity contribution in [2.75, 3.05) is 5.32 Å². The predicted octanol–water partition coefficient (Wildman–Crippen LogP) is 2.89. The van der Waals surface area contributed by atoms with E-state index in [4.69, 9.17) is 0 Å². The highest BCUT2D eigenvalue weighted by molar-refractivity contribution is 6.03. The van der Waals surface area contributed by atoms with Gasteiger partial charge in [0.1, 0.15) is 5.69 Å². The number of carbonyl (C=O) groups is 1. The Balaban J connectivity index is 1.81. The van der Waals surface area contributed by atoms with Gasteiger partial charge in [-0.1, -0.05) is 24.3 Å². The van der Waals surface area contributed by atoms with Crippen LogP contribution in [0.15, 0.2) is 60.9 Å². The van der Waals surface area contributed by atoms with Crippen molar-refractivity contribution in [3.8, 4) is 0 Å². The molecule has 2 heterocycles. The van der Waals surface area contributed by atoms with Gasteiger partial charge in [-0.05, 0) is 36.8 Å². The highest BCUT2D eigenvalue weighted by Crippen LogP contribution is 2.17. The topological polar surface area (TPSA) is 59.8 Å². The fourth-order valence-electron chi connectivity index (χ4n) is 2.20. The van der Waals surface area contributed by atoms with Crippen LogP contribution < -0.4 is 5.32 Å². The number of hydrogen-bond donors (Lipinski definition) is 1. The number of aryl methyl sites for hydroxylation is 1. The number of amides is 1. The number of pyridine rings is 1. The van der Waals surface area contributed by atoms with Crippen LogP contribution in [0.1, 0.15) is 21.7 Å². The molecule has 110 valence electrons. The first kappa shape index (κ1) is 14.0. The van der Waals surface area contributed by atoms with Gasteiger partial charge in [0.05, 0.1) is 6.54 Å². The average molecular weight is 292 g/mol. The van der Waals surface area contributed by atoms with Crippen LogP contribution in [0.4, 0.5) is 5.69 Å². The van der Waals surface area contributed by atoms with E-state index in [0.717, 1.165) is 16.9 Å². The molecule has 0 radical (unpaired) electrons. The highest BCUT2D eigenvalue weighted by atomic mass is 16.1. The number of hydrogen-bond acceptors (Lipinski definition) is 3. The van der Waals surface area contributed by atoms with Crippen LogP contribution in [0.2, 0.25) is 0 Å². The molecule has 2 aromatic heterocycles. The summed E-state index contributed by atoms with van der Waals surface area (Å²) in [5, 5.41) is 7.12. The summed E-state index contributed by atoms with van der Waals surface area (Å²) in [6, 6.07) is 15.0. The van der Waals surface area contributed by atoms with Crippen molar-refractivity contribution < 1.29 is 4.79 Å². The van der Waals surface area contributed by atoms with Crippen LogP contribution in [0, 0.1) is 6.92 Å². The first-order valence-corrected chi connectivity index (χ1v) is 7.03. The minimum atomic E-state index is -0.211. The number of nitrogens with zero attached hydrogens (tertiary/aromatic N) is 3. The van der Waals surface area contributed by atoms with E-state index in [2.05, 4.69) is 15.4 Å². The van der Waals surface area contributed by atoms with Crippen molar-refractivity contribution in [1.29, 1.82) is 0 Å². The van der Waals surface area contributed by atoms with Crippen LogP contribution in [-0.4, -0.2) is 20.7 Å². The number of benzene rings is 1. The van der Waals surface area contributed by atoms with Gasteiger partial charge in [0, 0.05) is 23.8 Å². The van der Waals surface area contributed by atoms with Gasteiger partial charge in [0.25, 0.3) is 5.91 Å². The molecular weight excluding hydrogens is 276 g/mol. The Labute approximate surface area is 128 Å². The number of rotatable bonds is 4. The average Bonchev–Trinajstić information content (AvgIpc) is 3.02. The van der Waals surface area contributed by atoms with Gasteiger partial charge in [-0.2, -0.15) is 5.10 Å². The fourth-order valence-corrected chi connectivity index (χ4v) is 2.20. The minimum absolute atomic E-state index is 0.211. The molecule has 0 aliphatic carbocycles. The lowest BCUT2D eigenvalue weighted by atomic mass is 10.1. The molecule has 0 unspecified atom stereocenters. The first-order valence-electron chi connectivity index (χ1n) is 7.03. The van der Waals surface area contributed by atoms with Crippen LogP contribution in [0.5, 0.6) is 0 Å². The molecule has 0 spiro atoms. The van der Waals surface area contributed by atoms with E-state index in [0.29, 0.717) is 12.2 Å². The third kappa shape index (κ3) is 3.20. The molecule has 5 nitrogen and oxygen atoms in total. The third-order valence-corrected chi connectivity index (χ3v) is 3.28. The Hall–Kier alpha value is -2.95. The van der Waals surface area contributed by atoms with E-state index in [1.54, 1.807) is 12.3 Å². The van der Waals surface area contributed by atoms with Gasteiger partial charge < -0.3 is 5.32 Å². The molecule has 0 fully saturated rings. The van der Waals surface area contributed by atoms with Crippen LogP contribution in [0.25, 0.3) is 0 Å². The van der Waals surface area contributed by atoms with Crippen molar-refractivity contribution in [3.05, 3.63) is 77.9 Å². The zero-order valence-corrected chi connectivity index (χ0v) is 12.2. The zero-order chi connectivity index (χ0) is 15.4. The Bertz CT molecular complexity index is 781. The minimum Gasteiger partial charge on any atom is -0.320 e. The van der Waals surface area contributed by atoms with E-state index in [9.17, 15) is 4.79 Å². The second-order valence-electron chi connectivity index (χ2n) is 4.98. The molecule has 1 aromatic carbocycles. The molecule has 0 saturated carbocycles. The van der Waals surface area contributed by atoms with Gasteiger partial charge in [-0.25, -0.2) is 4.98 Å². The molecule has 5 heteroatoms. The molecular formula is C17H16N4O. The first-order chi connectivity index (χ1) is 10.7. The molecule has 22 heavy (non-hydrogen) atoms. The number of para-hydroxylation sites is 1. The molecule has 3 rings (SSSR count). The lowest BCUT2D eigenvalue weighted by Crippen LogP contribution is -2.16. The van der Waals surface area contributed by atoms with Crippen molar-refractivity contribution in [3.63, 3.8) is 0 Å². The van der Waals surface area contributed by atoms with Crippen molar-refractivity contribution >= 4 is 11.6 Å². The maximum atomic E-state index is 12.3. The smallest absolute Gasteiger partial charge is 0.274 e. The van der Waals surface area contributed by atoms with Crippen LogP contribution >= 0.6 is 0 Å². The highest BCUT2D eigenvalue weighted by Gasteiger charge is 2.10. The number of anilines is 1. The summed E-state index contributed by atoms with van der Waals surface area (Å²) in [5.74, 6) is -0.211. The molecule has 0 saturated heterocycles. The lowest BCUT2D eigenvalue weighted by molar-refractivity contribution is 0.102. The van der Waals surface area contributed by atoms with Crippen LogP contribution in [-0.2, 0) is 6.54 Å². The summed E-state index contributed by atoms with van der Waals surface area (Å²) >= 11 is 0. The van der Waals surface area contributed by atoms with E-state index >= 15 is 0 Å². The maximum Gasteiger partial charge on any atom is 0.274 e. The van der Waals surface area contributed by atoms with E-state index in [1.165, 1.54) is 0 Å². The Morgan fingerprint density at radius 3 is 2.77 bits per heavy atom. The quantitative estimate of drug-likeness (QED) is 0.804. The summed E-state index contributed by atoms with van der Waals surface area (Å²) in [4.78, 5) is 16.6. The van der Waals surface area contributed by atoms with Gasteiger partial charge >= 0.3 is 0 Å². The van der Waals surface area contributed by atoms with Gasteiger partial charge in [0.15, 0.2) is 0 Å². The Morgan fingerprint density at radius 1 is 1.14 bits per heavy atom. The van der Waals surface area contributed by atoms with E-state index in [-0.39, 0.29) is 5.91 Å². The summed E-state index contributed by atoms with van der Waals surface area (Å²) < 4.78 is 1.82. The lowest BCUT2D eigenvalue weighted by Gasteiger charge is -2.11. The second kappa shape index (κ2) is 6.22. The SMILES string of the molecule is Cc1cccc(C(=O)Nc2ccccc2Cn2cccn2)n1. The monoisotopic (exact) mass is 292 g/mol. The normalized spacial score (nSPS) is 10.4. The standard InChI is InChI=1S/C17H16N4O/c1-13-6-4-9-16(19-13)17(22)20-15-8-3-2-7-14(15)12-21-11-5-10-18-21/h2-11H,12H2,1H3,(H,20,22). The summed E-state index contributed by atoms with van der Waals surface area (Å²) in [5.41, 5.74) is 2.99. The largest absolute Gasteiger partial charge is 0.320 e. The molecule has 0 bridgehead atoms. The molecule has 0 aliphatic heterocycles. The zero-order valence-electron chi connectivity index (χ0n) is 12.2. The predicted molar refractivity (Wildman–Crippen MR) is 84.7 cm³/mol. The summed E-state index contributed by atoms with van der Waals surface area (Å²) in [7, 11) is 0. The van der Waals surface area contributed by atoms with Gasteiger partial charge in [0.2, 0.25) is 0 Å². The molecule has 0 atom stereocenters. The van der Waals surface area contributed by atoms with Crippen LogP contribution in [0.3, 0.4) is 0 Å². The van der Waals surface area contributed by atoms with Crippen molar-refractivity contribution in [2.45, 2.75) is 13.5 Å². The molecule has 1 amide bonds. The van der Waals surface area contributed by atoms with E-state index < -0.39 is 0 Å². The molecule has 0 aliphatic rings. The third-order valence-electron chi connectivity index (χ3n) is 3.28. The Kier molecular flexibility index (Phi) is 3.96. The van der Waals surface area contributed by atoms with Gasteiger partial charge in [-0.3, -0.25) is 9.48 Å². The summed E-state index contributed by atoms with van der Waals surface area (Å²) in [6.45, 7) is 2.47. The second-order valence-corrected chi connectivity index (χ2v) is 4.98. The summed E-state index contributed by atoms with van der Waals surface area (Å²) in [6.07, 6.45) is 3.62. The van der Waals surface area contributed by atoms with Gasteiger partial charge in [-0.15, -0.1) is 0 Å². The fraction of sp³-hybridized carbons (Fsp3) is 0.118. The number of nitrogens with one attached hydrogen (secondary N) is 1. The molecule has 1 N–H and O–H groups in total. The number of carbonyl (C=O) groups excluding carboxylic acids is 1. The van der Waals surface area contributed by atoms with E-state index in [1.807, 2.05) is 60.3 Å². The number of aromatic nitrogens is 3. The Morgan fingerprint density at radius 2 is 2.00 bits per heavy atom. The van der Waals surface area contributed by atoms with Crippen molar-refractivity contribution in [2.24, 2.45) is 0 Å². The van der Waals surface area contributed by atoms with Crippen molar-refractivity contribution in [1.82, 2.24) is 14.8 Å².